The van der Waals surface area contributed by atoms with Crippen molar-refractivity contribution in [2.75, 3.05) is 0 Å². The Morgan fingerprint density at radius 2 is 2.18 bits per heavy atom. The van der Waals surface area contributed by atoms with E-state index in [4.69, 9.17) is 8.94 Å². The molecule has 0 aromatic carbocycles. The average Bonchev–Trinajstić information content (AvgIpc) is 3.14. The second-order valence-corrected chi connectivity index (χ2v) is 4.18. The quantitative estimate of drug-likeness (QED) is 0.596. The summed E-state index contributed by atoms with van der Waals surface area (Å²) < 4.78 is 10.1. The van der Waals surface area contributed by atoms with Crippen LogP contribution in [-0.2, 0) is 6.54 Å². The molecule has 3 aromatic rings. The molecule has 1 amide bonds. The van der Waals surface area contributed by atoms with E-state index in [0.29, 0.717) is 5.76 Å². The van der Waals surface area contributed by atoms with Gasteiger partial charge in [-0.15, -0.1) is 0 Å². The molecule has 0 aliphatic rings. The molecule has 0 spiro atoms. The lowest BCUT2D eigenvalue weighted by atomic mass is 10.4. The molecular formula is C12H9N5O5. The fourth-order valence-corrected chi connectivity index (χ4v) is 1.67. The highest BCUT2D eigenvalue weighted by atomic mass is 16.5. The van der Waals surface area contributed by atoms with E-state index in [-0.39, 0.29) is 24.0 Å². The Kier molecular flexibility index (Phi) is 3.40. The van der Waals surface area contributed by atoms with Gasteiger partial charge in [-0.2, -0.15) is 4.98 Å². The summed E-state index contributed by atoms with van der Waals surface area (Å²) in [6.45, 7) is -0.0438. The van der Waals surface area contributed by atoms with Gasteiger partial charge in [0, 0.05) is 6.07 Å². The molecule has 0 fully saturated rings. The van der Waals surface area contributed by atoms with Gasteiger partial charge < -0.3 is 19.2 Å². The molecule has 0 aliphatic heterocycles. The molecule has 3 N–H and O–H groups in total. The number of hydrogen-bond donors (Lipinski definition) is 3. The minimum atomic E-state index is -0.766. The largest absolute Gasteiger partial charge is 0.459 e. The number of carbonyl (C=O) groups excluding carboxylic acids is 1. The molecule has 0 saturated heterocycles. The number of amides is 1. The van der Waals surface area contributed by atoms with Crippen molar-refractivity contribution in [3.63, 3.8) is 0 Å². The maximum atomic E-state index is 11.8. The zero-order valence-electron chi connectivity index (χ0n) is 11.0. The Hall–Kier alpha value is -3.43. The zero-order chi connectivity index (χ0) is 15.5. The number of aromatic amines is 2. The summed E-state index contributed by atoms with van der Waals surface area (Å²) >= 11 is 0. The number of carbonyl (C=O) groups is 1. The number of aromatic nitrogens is 4. The molecule has 0 radical (unpaired) electrons. The van der Waals surface area contributed by atoms with Gasteiger partial charge in [-0.1, -0.05) is 5.16 Å². The van der Waals surface area contributed by atoms with Crippen molar-refractivity contribution in [3.05, 3.63) is 56.8 Å². The summed E-state index contributed by atoms with van der Waals surface area (Å²) in [6.07, 6.45) is 1.46. The molecule has 0 atom stereocenters. The first-order valence-electron chi connectivity index (χ1n) is 6.10. The Morgan fingerprint density at radius 1 is 1.32 bits per heavy atom. The van der Waals surface area contributed by atoms with Crippen molar-refractivity contribution < 1.29 is 13.7 Å². The zero-order valence-corrected chi connectivity index (χ0v) is 11.0. The fourth-order valence-electron chi connectivity index (χ4n) is 1.67. The first-order chi connectivity index (χ1) is 10.6. The molecule has 0 bridgehead atoms. The SMILES string of the molecule is O=C(NCc1noc(-c2ccco2)n1)c1cc(=O)[nH]c(=O)[nH]1. The highest BCUT2D eigenvalue weighted by molar-refractivity contribution is 5.91. The second kappa shape index (κ2) is 5.52. The normalized spacial score (nSPS) is 10.5. The van der Waals surface area contributed by atoms with Crippen molar-refractivity contribution in [2.45, 2.75) is 6.54 Å². The van der Waals surface area contributed by atoms with E-state index in [1.165, 1.54) is 6.26 Å². The van der Waals surface area contributed by atoms with Gasteiger partial charge in [0.05, 0.1) is 12.8 Å². The van der Waals surface area contributed by atoms with Crippen LogP contribution in [0.5, 0.6) is 0 Å². The predicted molar refractivity (Wildman–Crippen MR) is 70.9 cm³/mol. The van der Waals surface area contributed by atoms with Crippen LogP contribution in [0.1, 0.15) is 16.3 Å². The summed E-state index contributed by atoms with van der Waals surface area (Å²) in [5.74, 6) is 0.155. The van der Waals surface area contributed by atoms with Crippen molar-refractivity contribution in [1.82, 2.24) is 25.4 Å². The third-order valence-electron chi connectivity index (χ3n) is 2.61. The molecule has 112 valence electrons. The van der Waals surface area contributed by atoms with Crippen LogP contribution in [0, 0.1) is 0 Å². The Bertz CT molecular complexity index is 876. The number of rotatable bonds is 4. The van der Waals surface area contributed by atoms with E-state index < -0.39 is 17.2 Å². The highest BCUT2D eigenvalue weighted by Crippen LogP contribution is 2.16. The molecule has 0 aliphatic carbocycles. The Morgan fingerprint density at radius 3 is 2.91 bits per heavy atom. The van der Waals surface area contributed by atoms with Crippen LogP contribution in [0.4, 0.5) is 0 Å². The van der Waals surface area contributed by atoms with E-state index in [0.717, 1.165) is 6.07 Å². The lowest BCUT2D eigenvalue weighted by Crippen LogP contribution is -2.30. The molecule has 3 heterocycles. The summed E-state index contributed by atoms with van der Waals surface area (Å²) in [5, 5.41) is 6.12. The van der Waals surface area contributed by atoms with E-state index in [9.17, 15) is 14.4 Å². The number of H-pyrrole nitrogens is 2. The lowest BCUT2D eigenvalue weighted by molar-refractivity contribution is 0.0944. The van der Waals surface area contributed by atoms with Gasteiger partial charge >= 0.3 is 5.69 Å². The maximum Gasteiger partial charge on any atom is 0.326 e. The molecule has 22 heavy (non-hydrogen) atoms. The molecule has 3 rings (SSSR count). The Labute approximate surface area is 121 Å². The fraction of sp³-hybridized carbons (Fsp3) is 0.0833. The molecule has 0 saturated carbocycles. The van der Waals surface area contributed by atoms with Crippen molar-refractivity contribution >= 4 is 5.91 Å². The van der Waals surface area contributed by atoms with Gasteiger partial charge in [0.2, 0.25) is 0 Å². The van der Waals surface area contributed by atoms with Crippen molar-refractivity contribution in [2.24, 2.45) is 0 Å². The first-order valence-corrected chi connectivity index (χ1v) is 6.10. The van der Waals surface area contributed by atoms with Gasteiger partial charge in [0.1, 0.15) is 5.69 Å². The van der Waals surface area contributed by atoms with Gasteiger partial charge in [-0.3, -0.25) is 14.6 Å². The summed E-state index contributed by atoms with van der Waals surface area (Å²) in [6, 6.07) is 4.29. The summed E-state index contributed by atoms with van der Waals surface area (Å²) in [5.41, 5.74) is -1.60. The Balaban J connectivity index is 1.68. The van der Waals surface area contributed by atoms with Crippen LogP contribution >= 0.6 is 0 Å². The van der Waals surface area contributed by atoms with Crippen molar-refractivity contribution in [3.8, 4) is 11.7 Å². The van der Waals surface area contributed by atoms with E-state index in [1.807, 2.05) is 4.98 Å². The third kappa shape index (κ3) is 2.85. The van der Waals surface area contributed by atoms with Crippen LogP contribution < -0.4 is 16.6 Å². The number of nitrogens with zero attached hydrogens (tertiary/aromatic N) is 2. The molecule has 10 nitrogen and oxygen atoms in total. The lowest BCUT2D eigenvalue weighted by Gasteiger charge is -2.00. The smallest absolute Gasteiger partial charge is 0.326 e. The molecule has 3 aromatic heterocycles. The topological polar surface area (TPSA) is 147 Å². The van der Waals surface area contributed by atoms with Gasteiger partial charge in [-0.05, 0) is 12.1 Å². The first kappa shape index (κ1) is 13.5. The van der Waals surface area contributed by atoms with Gasteiger partial charge in [0.25, 0.3) is 17.4 Å². The monoisotopic (exact) mass is 303 g/mol. The minimum absolute atomic E-state index is 0.0438. The minimum Gasteiger partial charge on any atom is -0.459 e. The second-order valence-electron chi connectivity index (χ2n) is 4.18. The van der Waals surface area contributed by atoms with Crippen molar-refractivity contribution in [1.29, 1.82) is 0 Å². The summed E-state index contributed by atoms with van der Waals surface area (Å²) in [4.78, 5) is 42.2. The molecular weight excluding hydrogens is 294 g/mol. The van der Waals surface area contributed by atoms with Crippen LogP contribution in [0.15, 0.2) is 43.0 Å². The van der Waals surface area contributed by atoms with Crippen LogP contribution in [0.25, 0.3) is 11.7 Å². The van der Waals surface area contributed by atoms with E-state index >= 15 is 0 Å². The maximum absolute atomic E-state index is 11.8. The molecule has 10 heteroatoms. The summed E-state index contributed by atoms with van der Waals surface area (Å²) in [7, 11) is 0. The predicted octanol–water partition coefficient (Wildman–Crippen LogP) is -0.364. The van der Waals surface area contributed by atoms with Crippen LogP contribution in [0.2, 0.25) is 0 Å². The van der Waals surface area contributed by atoms with E-state index in [1.54, 1.807) is 12.1 Å². The van der Waals surface area contributed by atoms with Crippen LogP contribution in [-0.4, -0.2) is 26.0 Å². The van der Waals surface area contributed by atoms with Gasteiger partial charge in [0.15, 0.2) is 11.6 Å². The standard InChI is InChI=1S/C12H9N5O5/c18-9-4-6(14-12(20)16-9)10(19)13-5-8-15-11(22-17-8)7-2-1-3-21-7/h1-4H,5H2,(H,13,19)(H2,14,16,18,20). The number of nitrogens with one attached hydrogen (secondary N) is 3. The highest BCUT2D eigenvalue weighted by Gasteiger charge is 2.13. The third-order valence-corrected chi connectivity index (χ3v) is 2.61. The van der Waals surface area contributed by atoms with E-state index in [2.05, 4.69) is 20.4 Å². The number of hydrogen-bond acceptors (Lipinski definition) is 7. The van der Waals surface area contributed by atoms with Gasteiger partial charge in [-0.25, -0.2) is 4.79 Å². The van der Waals surface area contributed by atoms with Crippen LogP contribution in [0.3, 0.4) is 0 Å². The number of furan rings is 1. The molecule has 0 unspecified atom stereocenters. The average molecular weight is 303 g/mol.